The van der Waals surface area contributed by atoms with Gasteiger partial charge in [-0.15, -0.1) is 0 Å². The smallest absolute Gasteiger partial charge is 0.262 e. The summed E-state index contributed by atoms with van der Waals surface area (Å²) < 4.78 is 22.1. The lowest BCUT2D eigenvalue weighted by molar-refractivity contribution is -0.142. The van der Waals surface area contributed by atoms with Crippen LogP contribution in [0.4, 0.5) is 4.39 Å². The zero-order chi connectivity index (χ0) is 28.6. The Balaban J connectivity index is 1.14. The van der Waals surface area contributed by atoms with Gasteiger partial charge in [0.15, 0.2) is 5.65 Å². The molecule has 3 heterocycles. The molecule has 1 saturated carbocycles. The van der Waals surface area contributed by atoms with Crippen LogP contribution < -0.4 is 10.3 Å². The second kappa shape index (κ2) is 11.1. The number of aliphatic hydroxyl groups is 1. The number of carbonyl (C=O) groups is 1. The van der Waals surface area contributed by atoms with E-state index >= 15 is 0 Å². The zero-order valence-electron chi connectivity index (χ0n) is 23.2. The Morgan fingerprint density at radius 2 is 1.76 bits per heavy atom. The molecule has 2 fully saturated rings. The minimum absolute atomic E-state index is 0.0826. The van der Waals surface area contributed by atoms with Crippen molar-refractivity contribution in [3.8, 4) is 11.4 Å². The molecule has 1 aliphatic carbocycles. The maximum atomic E-state index is 13.6. The molecule has 8 nitrogen and oxygen atoms in total. The van der Waals surface area contributed by atoms with E-state index in [4.69, 9.17) is 4.74 Å². The minimum Gasteiger partial charge on any atom is -0.497 e. The number of benzene rings is 2. The Morgan fingerprint density at radius 1 is 1.05 bits per heavy atom. The molecule has 0 unspecified atom stereocenters. The average molecular weight is 559 g/mol. The summed E-state index contributed by atoms with van der Waals surface area (Å²) in [7, 11) is 1.61. The van der Waals surface area contributed by atoms with E-state index in [9.17, 15) is 19.1 Å². The van der Waals surface area contributed by atoms with Crippen LogP contribution in [-0.2, 0) is 11.3 Å². The normalized spacial score (nSPS) is 20.7. The first-order chi connectivity index (χ1) is 19.8. The zero-order valence-corrected chi connectivity index (χ0v) is 23.2. The summed E-state index contributed by atoms with van der Waals surface area (Å²) in [6.45, 7) is 0.979. The molecule has 41 heavy (non-hydrogen) atoms. The molecule has 2 aliphatic rings. The molecule has 0 spiro atoms. The van der Waals surface area contributed by atoms with Crippen LogP contribution in [0, 0.1) is 11.7 Å². The molecule has 1 saturated heterocycles. The summed E-state index contributed by atoms with van der Waals surface area (Å²) in [6, 6.07) is 15.8. The molecule has 0 radical (unpaired) electrons. The van der Waals surface area contributed by atoms with Crippen molar-refractivity contribution in [1.82, 2.24) is 19.0 Å². The van der Waals surface area contributed by atoms with Crippen LogP contribution in [0.15, 0.2) is 71.9 Å². The van der Waals surface area contributed by atoms with Crippen LogP contribution in [0.25, 0.3) is 16.7 Å². The highest BCUT2D eigenvalue weighted by molar-refractivity contribution is 5.80. The molecule has 2 aromatic carbocycles. The lowest BCUT2D eigenvalue weighted by Gasteiger charge is -2.41. The molecule has 1 N–H and O–H groups in total. The van der Waals surface area contributed by atoms with E-state index in [1.54, 1.807) is 25.3 Å². The molecule has 9 heteroatoms. The third-order valence-electron chi connectivity index (χ3n) is 8.87. The first-order valence-corrected chi connectivity index (χ1v) is 14.3. The molecule has 1 amide bonds. The van der Waals surface area contributed by atoms with Crippen molar-refractivity contribution in [3.05, 3.63) is 88.9 Å². The van der Waals surface area contributed by atoms with Gasteiger partial charge >= 0.3 is 0 Å². The number of hydrogen-bond donors (Lipinski definition) is 1. The van der Waals surface area contributed by atoms with Crippen molar-refractivity contribution >= 4 is 16.9 Å². The number of amides is 1. The fraction of sp³-hybridized carbons (Fsp3) is 0.406. The van der Waals surface area contributed by atoms with Crippen molar-refractivity contribution in [2.24, 2.45) is 5.92 Å². The number of likely N-dealkylation sites (tertiary alicyclic amines) is 1. The van der Waals surface area contributed by atoms with Crippen LogP contribution in [0.2, 0.25) is 0 Å². The Morgan fingerprint density at radius 3 is 2.46 bits per heavy atom. The summed E-state index contributed by atoms with van der Waals surface area (Å²) in [6.07, 6.45) is 7.86. The van der Waals surface area contributed by atoms with E-state index in [-0.39, 0.29) is 35.7 Å². The van der Waals surface area contributed by atoms with Crippen LogP contribution in [0.5, 0.6) is 5.75 Å². The summed E-state index contributed by atoms with van der Waals surface area (Å²) >= 11 is 0. The number of nitrogens with zero attached hydrogens (tertiary/aromatic N) is 4. The third-order valence-corrected chi connectivity index (χ3v) is 8.87. The number of aromatic nitrogens is 3. The first-order valence-electron chi connectivity index (χ1n) is 14.3. The maximum Gasteiger partial charge on any atom is 0.262 e. The van der Waals surface area contributed by atoms with E-state index in [0.29, 0.717) is 37.0 Å². The molecule has 4 aromatic rings. The Kier molecular flexibility index (Phi) is 7.38. The highest BCUT2D eigenvalue weighted by Gasteiger charge is 2.39. The average Bonchev–Trinajstić information content (AvgIpc) is 3.44. The highest BCUT2D eigenvalue weighted by atomic mass is 19.1. The molecule has 0 bridgehead atoms. The van der Waals surface area contributed by atoms with Crippen molar-refractivity contribution in [3.63, 3.8) is 0 Å². The molecule has 2 atom stereocenters. The topological polar surface area (TPSA) is 89.6 Å². The second-order valence-electron chi connectivity index (χ2n) is 11.4. The number of methoxy groups -OCH3 is 1. The fourth-order valence-electron chi connectivity index (χ4n) is 6.51. The number of piperidine rings is 1. The van der Waals surface area contributed by atoms with Gasteiger partial charge in [-0.3, -0.25) is 14.2 Å². The summed E-state index contributed by atoms with van der Waals surface area (Å²) in [5, 5.41) is 11.9. The van der Waals surface area contributed by atoms with Gasteiger partial charge in [-0.05, 0) is 79.6 Å². The number of ether oxygens (including phenoxy) is 1. The number of carbonyl (C=O) groups excluding carboxylic acids is 1. The van der Waals surface area contributed by atoms with E-state index in [1.807, 2.05) is 39.9 Å². The predicted octanol–water partition coefficient (Wildman–Crippen LogP) is 4.66. The Labute approximate surface area is 238 Å². The first kappa shape index (κ1) is 27.2. The van der Waals surface area contributed by atoms with Gasteiger partial charge in [-0.2, -0.15) is 0 Å². The second-order valence-corrected chi connectivity index (χ2v) is 11.4. The summed E-state index contributed by atoms with van der Waals surface area (Å²) in [5.41, 5.74) is 1.10. The number of halogens is 1. The number of fused-ring (bicyclic) bond motifs is 1. The van der Waals surface area contributed by atoms with Crippen LogP contribution in [0.1, 0.15) is 50.0 Å². The van der Waals surface area contributed by atoms with Gasteiger partial charge in [-0.1, -0.05) is 25.0 Å². The van der Waals surface area contributed by atoms with E-state index in [2.05, 4.69) is 4.98 Å². The quantitative estimate of drug-likeness (QED) is 0.372. The van der Waals surface area contributed by atoms with Crippen molar-refractivity contribution < 1.29 is 19.0 Å². The number of hydrogen-bond acceptors (Lipinski definition) is 5. The lowest BCUT2D eigenvalue weighted by Crippen LogP contribution is -2.51. The van der Waals surface area contributed by atoms with Crippen LogP contribution in [0.3, 0.4) is 0 Å². The highest BCUT2D eigenvalue weighted by Crippen LogP contribution is 2.39. The van der Waals surface area contributed by atoms with Crippen molar-refractivity contribution in [1.29, 1.82) is 0 Å². The van der Waals surface area contributed by atoms with Crippen LogP contribution in [-0.4, -0.2) is 55.8 Å². The predicted molar refractivity (Wildman–Crippen MR) is 154 cm³/mol. The van der Waals surface area contributed by atoms with Crippen molar-refractivity contribution in [2.45, 2.75) is 56.6 Å². The monoisotopic (exact) mass is 558 g/mol. The van der Waals surface area contributed by atoms with Gasteiger partial charge in [0.25, 0.3) is 5.56 Å². The fourth-order valence-corrected chi connectivity index (χ4v) is 6.51. The molecule has 214 valence electrons. The summed E-state index contributed by atoms with van der Waals surface area (Å²) in [5.74, 6) is 0.531. The molecular weight excluding hydrogens is 523 g/mol. The molecule has 1 aliphatic heterocycles. The van der Waals surface area contributed by atoms with Crippen molar-refractivity contribution in [2.75, 3.05) is 20.2 Å². The number of rotatable bonds is 6. The molecule has 6 rings (SSSR count). The van der Waals surface area contributed by atoms with Gasteiger partial charge in [0.2, 0.25) is 5.91 Å². The Hall–Kier alpha value is -3.98. The standard InChI is InChI=1S/C32H35FN4O4/c1-41-25-12-10-24(11-13-25)37-17-14-28-29(37)34-21-36(31(28)39)20-32(40)15-18-35(19-16-32)30(38)27-5-3-2-4-26(27)22-6-8-23(33)9-7-22/h6-14,17,21,26-27,40H,2-5,15-16,18-20H2,1H3/t26-,27+/m0/s1. The van der Waals surface area contributed by atoms with Gasteiger partial charge in [0, 0.05) is 30.9 Å². The molecule has 2 aromatic heterocycles. The lowest BCUT2D eigenvalue weighted by atomic mass is 9.74. The molecular formula is C32H35FN4O4. The minimum atomic E-state index is -1.11. The Bertz CT molecular complexity index is 1590. The van der Waals surface area contributed by atoms with Gasteiger partial charge in [0.05, 0.1) is 24.6 Å². The van der Waals surface area contributed by atoms with E-state index in [0.717, 1.165) is 42.7 Å². The van der Waals surface area contributed by atoms with Crippen LogP contribution >= 0.6 is 0 Å². The largest absolute Gasteiger partial charge is 0.497 e. The third kappa shape index (κ3) is 5.38. The SMILES string of the molecule is COc1ccc(-n2ccc3c(=O)n(CC4(O)CCN(C(=O)[C@@H]5CCCC[C@H]5c5ccc(F)cc5)CC4)cnc32)cc1. The van der Waals surface area contributed by atoms with Gasteiger partial charge in [-0.25, -0.2) is 9.37 Å². The maximum absolute atomic E-state index is 13.6. The van der Waals surface area contributed by atoms with E-state index in [1.165, 1.54) is 23.0 Å². The summed E-state index contributed by atoms with van der Waals surface area (Å²) in [4.78, 5) is 33.4. The van der Waals surface area contributed by atoms with E-state index < -0.39 is 5.60 Å². The van der Waals surface area contributed by atoms with Gasteiger partial charge < -0.3 is 19.3 Å². The van der Waals surface area contributed by atoms with Gasteiger partial charge in [0.1, 0.15) is 17.9 Å².